The summed E-state index contributed by atoms with van der Waals surface area (Å²) in [4.78, 5) is 36.2. The number of nitrogens with one attached hydrogen (secondary N) is 2. The number of fused-ring (bicyclic) bond motifs is 1. The van der Waals surface area contributed by atoms with Gasteiger partial charge in [0.15, 0.2) is 5.16 Å². The fraction of sp³-hybridized carbons (Fsp3) is 0.333. The van der Waals surface area contributed by atoms with Crippen molar-refractivity contribution in [2.24, 2.45) is 0 Å². The van der Waals surface area contributed by atoms with Gasteiger partial charge in [0.25, 0.3) is 0 Å². The summed E-state index contributed by atoms with van der Waals surface area (Å²) in [6.07, 6.45) is 0.769. The van der Waals surface area contributed by atoms with Crippen molar-refractivity contribution in [3.8, 4) is 0 Å². The van der Waals surface area contributed by atoms with E-state index in [-0.39, 0.29) is 24.1 Å². The lowest BCUT2D eigenvalue weighted by Gasteiger charge is -2.21. The molecule has 0 saturated heterocycles. The lowest BCUT2D eigenvalue weighted by atomic mass is 10.2. The van der Waals surface area contributed by atoms with E-state index in [4.69, 9.17) is 0 Å². The molecule has 2 amide bonds. The summed E-state index contributed by atoms with van der Waals surface area (Å²) in [5, 5.41) is 7.64. The van der Waals surface area contributed by atoms with Gasteiger partial charge in [-0.3, -0.25) is 9.59 Å². The van der Waals surface area contributed by atoms with Gasteiger partial charge in [0.05, 0.1) is 17.8 Å². The molecule has 32 heavy (non-hydrogen) atoms. The average Bonchev–Trinajstić information content (AvgIpc) is 2.79. The summed E-state index contributed by atoms with van der Waals surface area (Å²) in [7, 11) is 0. The number of hydrogen-bond donors (Lipinski definition) is 2. The summed E-state index contributed by atoms with van der Waals surface area (Å²) >= 11 is 1.29. The number of nitrogens with zero attached hydrogens (tertiary/aromatic N) is 3. The number of thioether (sulfide) groups is 1. The SMILES string of the molecule is CCCN(CC(=O)Nc1ccccc1C)C(=O)CSc1nc(NCC)c2ccccc2n1. The number of carbonyl (C=O) groups is 2. The monoisotopic (exact) mass is 451 g/mol. The average molecular weight is 452 g/mol. The van der Waals surface area contributed by atoms with Crippen LogP contribution in [0.25, 0.3) is 10.9 Å². The highest BCUT2D eigenvalue weighted by Crippen LogP contribution is 2.24. The molecule has 0 unspecified atom stereocenters. The molecule has 7 nitrogen and oxygen atoms in total. The quantitative estimate of drug-likeness (QED) is 0.352. The first-order valence-electron chi connectivity index (χ1n) is 10.8. The Balaban J connectivity index is 1.66. The minimum absolute atomic E-state index is 0.0167. The molecule has 0 saturated carbocycles. The predicted molar refractivity (Wildman–Crippen MR) is 131 cm³/mol. The number of rotatable bonds is 10. The zero-order valence-corrected chi connectivity index (χ0v) is 19.5. The van der Waals surface area contributed by atoms with Gasteiger partial charge < -0.3 is 15.5 Å². The maximum atomic E-state index is 12.9. The Morgan fingerprint density at radius 2 is 1.78 bits per heavy atom. The number of benzene rings is 2. The second-order valence-corrected chi connectivity index (χ2v) is 8.31. The van der Waals surface area contributed by atoms with Gasteiger partial charge in [0.2, 0.25) is 11.8 Å². The van der Waals surface area contributed by atoms with Crippen LogP contribution in [-0.4, -0.2) is 52.1 Å². The van der Waals surface area contributed by atoms with Crippen molar-refractivity contribution in [1.29, 1.82) is 0 Å². The number of para-hydroxylation sites is 2. The molecule has 0 spiro atoms. The van der Waals surface area contributed by atoms with E-state index >= 15 is 0 Å². The highest BCUT2D eigenvalue weighted by Gasteiger charge is 2.18. The molecule has 3 rings (SSSR count). The summed E-state index contributed by atoms with van der Waals surface area (Å²) in [5.74, 6) is 0.610. The Morgan fingerprint density at radius 3 is 2.53 bits per heavy atom. The van der Waals surface area contributed by atoms with Crippen LogP contribution in [0.4, 0.5) is 11.5 Å². The van der Waals surface area contributed by atoms with E-state index in [0.717, 1.165) is 40.9 Å². The largest absolute Gasteiger partial charge is 0.370 e. The van der Waals surface area contributed by atoms with E-state index in [1.54, 1.807) is 4.90 Å². The van der Waals surface area contributed by atoms with Gasteiger partial charge in [-0.25, -0.2) is 9.97 Å². The number of hydrogen-bond acceptors (Lipinski definition) is 6. The van der Waals surface area contributed by atoms with Crippen LogP contribution in [-0.2, 0) is 9.59 Å². The molecule has 2 N–H and O–H groups in total. The van der Waals surface area contributed by atoms with E-state index < -0.39 is 0 Å². The Bertz CT molecular complexity index is 1090. The topological polar surface area (TPSA) is 87.2 Å². The normalized spacial score (nSPS) is 10.7. The van der Waals surface area contributed by atoms with Crippen LogP contribution >= 0.6 is 11.8 Å². The van der Waals surface area contributed by atoms with Crippen LogP contribution < -0.4 is 10.6 Å². The van der Waals surface area contributed by atoms with Gasteiger partial charge in [-0.05, 0) is 44.0 Å². The summed E-state index contributed by atoms with van der Waals surface area (Å²) in [6, 6.07) is 15.4. The summed E-state index contributed by atoms with van der Waals surface area (Å²) < 4.78 is 0. The standard InChI is InChI=1S/C24H29N5O2S/c1-4-14-29(15-21(30)26-19-12-8-6-10-17(19)3)22(31)16-32-24-27-20-13-9-7-11-18(20)23(28-24)25-5-2/h6-13H,4-5,14-16H2,1-3H3,(H,26,30)(H,25,27,28). The van der Waals surface area contributed by atoms with Crippen molar-refractivity contribution in [1.82, 2.24) is 14.9 Å². The molecule has 1 aromatic heterocycles. The number of amides is 2. The van der Waals surface area contributed by atoms with E-state index in [9.17, 15) is 9.59 Å². The molecular weight excluding hydrogens is 422 g/mol. The molecule has 0 atom stereocenters. The van der Waals surface area contributed by atoms with Crippen LogP contribution in [0.3, 0.4) is 0 Å². The third kappa shape index (κ3) is 6.20. The van der Waals surface area contributed by atoms with Crippen molar-refractivity contribution in [2.45, 2.75) is 32.3 Å². The molecule has 0 radical (unpaired) electrons. The summed E-state index contributed by atoms with van der Waals surface area (Å²) in [6.45, 7) is 7.21. The molecule has 8 heteroatoms. The molecule has 0 aliphatic heterocycles. The molecule has 168 valence electrons. The Kier molecular flexibility index (Phi) is 8.44. The second-order valence-electron chi connectivity index (χ2n) is 7.37. The minimum Gasteiger partial charge on any atom is -0.370 e. The zero-order chi connectivity index (χ0) is 22.9. The van der Waals surface area contributed by atoms with Crippen LogP contribution in [0, 0.1) is 6.92 Å². The second kappa shape index (κ2) is 11.5. The third-order valence-electron chi connectivity index (χ3n) is 4.85. The van der Waals surface area contributed by atoms with Gasteiger partial charge in [0.1, 0.15) is 5.82 Å². The first-order valence-corrected chi connectivity index (χ1v) is 11.8. The molecule has 1 heterocycles. The van der Waals surface area contributed by atoms with Crippen molar-refractivity contribution < 1.29 is 9.59 Å². The molecule has 0 fully saturated rings. The molecule has 2 aromatic carbocycles. The molecule has 0 bridgehead atoms. The Hall–Kier alpha value is -3.13. The first-order chi connectivity index (χ1) is 15.5. The minimum atomic E-state index is -0.206. The van der Waals surface area contributed by atoms with Gasteiger partial charge in [0, 0.05) is 24.2 Å². The van der Waals surface area contributed by atoms with Gasteiger partial charge in [-0.1, -0.05) is 49.0 Å². The molecular formula is C24H29N5O2S. The van der Waals surface area contributed by atoms with Crippen molar-refractivity contribution in [3.05, 3.63) is 54.1 Å². The van der Waals surface area contributed by atoms with E-state index in [2.05, 4.69) is 20.6 Å². The van der Waals surface area contributed by atoms with Crippen molar-refractivity contribution >= 4 is 46.0 Å². The Morgan fingerprint density at radius 1 is 1.03 bits per heavy atom. The maximum Gasteiger partial charge on any atom is 0.244 e. The maximum absolute atomic E-state index is 12.9. The number of aryl methyl sites for hydroxylation is 1. The van der Waals surface area contributed by atoms with E-state index in [1.807, 2.05) is 69.3 Å². The van der Waals surface area contributed by atoms with Gasteiger partial charge in [-0.2, -0.15) is 0 Å². The highest BCUT2D eigenvalue weighted by molar-refractivity contribution is 7.99. The van der Waals surface area contributed by atoms with Crippen LogP contribution in [0.5, 0.6) is 0 Å². The molecule has 0 aliphatic carbocycles. The highest BCUT2D eigenvalue weighted by atomic mass is 32.2. The molecule has 0 aliphatic rings. The van der Waals surface area contributed by atoms with Crippen molar-refractivity contribution in [3.63, 3.8) is 0 Å². The fourth-order valence-corrected chi connectivity index (χ4v) is 4.03. The third-order valence-corrected chi connectivity index (χ3v) is 5.68. The van der Waals surface area contributed by atoms with Gasteiger partial charge >= 0.3 is 0 Å². The lowest BCUT2D eigenvalue weighted by Crippen LogP contribution is -2.39. The number of aromatic nitrogens is 2. The lowest BCUT2D eigenvalue weighted by molar-refractivity contribution is -0.132. The zero-order valence-electron chi connectivity index (χ0n) is 18.7. The van der Waals surface area contributed by atoms with Crippen LogP contribution in [0.15, 0.2) is 53.7 Å². The molecule has 3 aromatic rings. The van der Waals surface area contributed by atoms with E-state index in [0.29, 0.717) is 11.7 Å². The summed E-state index contributed by atoms with van der Waals surface area (Å²) in [5.41, 5.74) is 2.57. The predicted octanol–water partition coefficient (Wildman–Crippen LogP) is 4.34. The Labute approximate surface area is 193 Å². The van der Waals surface area contributed by atoms with Crippen LogP contribution in [0.1, 0.15) is 25.8 Å². The number of anilines is 2. The van der Waals surface area contributed by atoms with Crippen LogP contribution in [0.2, 0.25) is 0 Å². The van der Waals surface area contributed by atoms with E-state index in [1.165, 1.54) is 11.8 Å². The van der Waals surface area contributed by atoms with Crippen molar-refractivity contribution in [2.75, 3.05) is 36.0 Å². The number of carbonyl (C=O) groups excluding carboxylic acids is 2. The first kappa shape index (κ1) is 23.5. The van der Waals surface area contributed by atoms with Gasteiger partial charge in [-0.15, -0.1) is 0 Å². The smallest absolute Gasteiger partial charge is 0.244 e. The fourth-order valence-electron chi connectivity index (χ4n) is 3.28.